The zero-order chi connectivity index (χ0) is 9.97. The SMILES string of the molecule is COc1ccc2c(c1)CC(CN)CS2. The van der Waals surface area contributed by atoms with Crippen molar-refractivity contribution >= 4 is 11.8 Å². The molecule has 0 radical (unpaired) electrons. The quantitative estimate of drug-likeness (QED) is 0.808. The van der Waals surface area contributed by atoms with Gasteiger partial charge in [0.2, 0.25) is 0 Å². The largest absolute Gasteiger partial charge is 0.497 e. The Morgan fingerprint density at radius 2 is 2.43 bits per heavy atom. The van der Waals surface area contributed by atoms with E-state index in [9.17, 15) is 0 Å². The van der Waals surface area contributed by atoms with Crippen molar-refractivity contribution in [2.45, 2.75) is 11.3 Å². The van der Waals surface area contributed by atoms with Crippen LogP contribution in [0.4, 0.5) is 0 Å². The lowest BCUT2D eigenvalue weighted by Crippen LogP contribution is -2.22. The average Bonchev–Trinajstić information content (AvgIpc) is 2.27. The van der Waals surface area contributed by atoms with Gasteiger partial charge in [-0.25, -0.2) is 0 Å². The smallest absolute Gasteiger partial charge is 0.119 e. The number of hydrogen-bond donors (Lipinski definition) is 1. The van der Waals surface area contributed by atoms with Gasteiger partial charge in [0, 0.05) is 10.6 Å². The van der Waals surface area contributed by atoms with Crippen LogP contribution in [0.15, 0.2) is 23.1 Å². The lowest BCUT2D eigenvalue weighted by molar-refractivity contribution is 0.413. The number of thioether (sulfide) groups is 1. The summed E-state index contributed by atoms with van der Waals surface area (Å²) in [6.07, 6.45) is 1.09. The molecule has 1 aliphatic heterocycles. The Hall–Kier alpha value is -0.670. The molecular weight excluding hydrogens is 194 g/mol. The first-order valence-corrected chi connectivity index (χ1v) is 5.82. The van der Waals surface area contributed by atoms with Gasteiger partial charge in [-0.3, -0.25) is 0 Å². The van der Waals surface area contributed by atoms with Crippen LogP contribution < -0.4 is 10.5 Å². The maximum Gasteiger partial charge on any atom is 0.119 e. The van der Waals surface area contributed by atoms with Crippen molar-refractivity contribution < 1.29 is 4.74 Å². The van der Waals surface area contributed by atoms with Gasteiger partial charge in [-0.15, -0.1) is 11.8 Å². The van der Waals surface area contributed by atoms with E-state index in [-0.39, 0.29) is 0 Å². The Labute approximate surface area is 88.8 Å². The van der Waals surface area contributed by atoms with E-state index in [0.717, 1.165) is 24.5 Å². The summed E-state index contributed by atoms with van der Waals surface area (Å²) < 4.78 is 5.21. The first-order chi connectivity index (χ1) is 6.83. The van der Waals surface area contributed by atoms with E-state index in [1.807, 2.05) is 17.8 Å². The molecule has 14 heavy (non-hydrogen) atoms. The van der Waals surface area contributed by atoms with Gasteiger partial charge in [0.05, 0.1) is 7.11 Å². The van der Waals surface area contributed by atoms with Crippen molar-refractivity contribution in [2.75, 3.05) is 19.4 Å². The minimum Gasteiger partial charge on any atom is -0.497 e. The minimum absolute atomic E-state index is 0.625. The molecule has 0 spiro atoms. The number of hydrogen-bond acceptors (Lipinski definition) is 3. The predicted octanol–water partition coefficient (Wildman–Crippen LogP) is 1.92. The van der Waals surface area contributed by atoms with E-state index in [1.165, 1.54) is 10.5 Å². The van der Waals surface area contributed by atoms with E-state index in [2.05, 4.69) is 12.1 Å². The van der Waals surface area contributed by atoms with E-state index >= 15 is 0 Å². The van der Waals surface area contributed by atoms with E-state index in [4.69, 9.17) is 10.5 Å². The predicted molar refractivity (Wildman–Crippen MR) is 60.0 cm³/mol. The van der Waals surface area contributed by atoms with Crippen molar-refractivity contribution in [1.29, 1.82) is 0 Å². The standard InChI is InChI=1S/C11H15NOS/c1-13-10-2-3-11-9(5-10)4-8(6-12)7-14-11/h2-3,5,8H,4,6-7,12H2,1H3. The van der Waals surface area contributed by atoms with Gasteiger partial charge in [0.1, 0.15) is 5.75 Å². The van der Waals surface area contributed by atoms with Crippen LogP contribution in [0, 0.1) is 5.92 Å². The second kappa shape index (κ2) is 4.24. The van der Waals surface area contributed by atoms with E-state index in [1.54, 1.807) is 7.11 Å². The lowest BCUT2D eigenvalue weighted by Gasteiger charge is -2.23. The molecule has 1 atom stereocenters. The zero-order valence-corrected chi connectivity index (χ0v) is 9.14. The molecule has 1 heterocycles. The second-order valence-corrected chi connectivity index (χ2v) is 4.65. The number of benzene rings is 1. The fourth-order valence-electron chi connectivity index (χ4n) is 1.71. The zero-order valence-electron chi connectivity index (χ0n) is 8.32. The van der Waals surface area contributed by atoms with Crippen molar-refractivity contribution in [3.8, 4) is 5.75 Å². The number of methoxy groups -OCH3 is 1. The summed E-state index contributed by atoms with van der Waals surface area (Å²) in [6, 6.07) is 6.30. The van der Waals surface area contributed by atoms with Crippen LogP contribution in [-0.2, 0) is 6.42 Å². The third-order valence-electron chi connectivity index (χ3n) is 2.58. The molecule has 0 amide bonds. The molecule has 0 fully saturated rings. The summed E-state index contributed by atoms with van der Waals surface area (Å²) in [5.41, 5.74) is 7.07. The van der Waals surface area contributed by atoms with Gasteiger partial charge in [-0.05, 0) is 42.6 Å². The van der Waals surface area contributed by atoms with Crippen molar-refractivity contribution in [1.82, 2.24) is 0 Å². The molecule has 0 aromatic heterocycles. The lowest BCUT2D eigenvalue weighted by atomic mass is 10.0. The van der Waals surface area contributed by atoms with Crippen LogP contribution >= 0.6 is 11.8 Å². The molecule has 1 aromatic carbocycles. The van der Waals surface area contributed by atoms with Gasteiger partial charge >= 0.3 is 0 Å². The van der Waals surface area contributed by atoms with Crippen LogP contribution in [0.2, 0.25) is 0 Å². The molecule has 1 aromatic rings. The van der Waals surface area contributed by atoms with Gasteiger partial charge in [-0.2, -0.15) is 0 Å². The molecule has 2 nitrogen and oxygen atoms in total. The first kappa shape index (κ1) is 9.87. The van der Waals surface area contributed by atoms with Crippen LogP contribution in [0.25, 0.3) is 0 Å². The molecule has 3 heteroatoms. The van der Waals surface area contributed by atoms with Gasteiger partial charge < -0.3 is 10.5 Å². The molecule has 2 rings (SSSR count). The van der Waals surface area contributed by atoms with Crippen molar-refractivity contribution in [3.63, 3.8) is 0 Å². The van der Waals surface area contributed by atoms with Crippen LogP contribution in [0.1, 0.15) is 5.56 Å². The maximum atomic E-state index is 5.69. The monoisotopic (exact) mass is 209 g/mol. The Morgan fingerprint density at radius 1 is 1.57 bits per heavy atom. The van der Waals surface area contributed by atoms with Crippen molar-refractivity contribution in [3.05, 3.63) is 23.8 Å². The number of rotatable bonds is 2. The summed E-state index contributed by atoms with van der Waals surface area (Å²) in [7, 11) is 1.71. The van der Waals surface area contributed by atoms with Crippen LogP contribution in [0.3, 0.4) is 0 Å². The molecule has 1 aliphatic rings. The highest BCUT2D eigenvalue weighted by Crippen LogP contribution is 2.34. The summed E-state index contributed by atoms with van der Waals surface area (Å²) in [5, 5.41) is 0. The summed E-state index contributed by atoms with van der Waals surface area (Å²) in [5.74, 6) is 2.72. The summed E-state index contributed by atoms with van der Waals surface area (Å²) in [4.78, 5) is 1.38. The number of ether oxygens (including phenoxy) is 1. The molecular formula is C11H15NOS. The maximum absolute atomic E-state index is 5.69. The Kier molecular flexibility index (Phi) is 2.99. The van der Waals surface area contributed by atoms with E-state index < -0.39 is 0 Å². The minimum atomic E-state index is 0.625. The molecule has 0 saturated heterocycles. The van der Waals surface area contributed by atoms with Gasteiger partial charge in [0.25, 0.3) is 0 Å². The molecule has 2 N–H and O–H groups in total. The van der Waals surface area contributed by atoms with Crippen LogP contribution in [-0.4, -0.2) is 19.4 Å². The third-order valence-corrected chi connectivity index (χ3v) is 3.93. The average molecular weight is 209 g/mol. The highest BCUT2D eigenvalue weighted by Gasteiger charge is 2.18. The Bertz CT molecular complexity index is 327. The summed E-state index contributed by atoms with van der Waals surface area (Å²) >= 11 is 1.91. The molecule has 1 unspecified atom stereocenters. The number of fused-ring (bicyclic) bond motifs is 1. The molecule has 0 saturated carbocycles. The van der Waals surface area contributed by atoms with Gasteiger partial charge in [0.15, 0.2) is 0 Å². The Balaban J connectivity index is 2.25. The Morgan fingerprint density at radius 3 is 3.14 bits per heavy atom. The second-order valence-electron chi connectivity index (χ2n) is 3.59. The highest BCUT2D eigenvalue weighted by atomic mass is 32.2. The molecule has 0 bridgehead atoms. The molecule has 76 valence electrons. The van der Waals surface area contributed by atoms with Crippen molar-refractivity contribution in [2.24, 2.45) is 11.7 Å². The van der Waals surface area contributed by atoms with Gasteiger partial charge in [-0.1, -0.05) is 0 Å². The normalized spacial score (nSPS) is 20.3. The number of nitrogens with two attached hydrogens (primary N) is 1. The molecule has 0 aliphatic carbocycles. The first-order valence-electron chi connectivity index (χ1n) is 4.83. The van der Waals surface area contributed by atoms with Crippen LogP contribution in [0.5, 0.6) is 5.75 Å². The third kappa shape index (κ3) is 1.88. The van der Waals surface area contributed by atoms with E-state index in [0.29, 0.717) is 5.92 Å². The fourth-order valence-corrected chi connectivity index (χ4v) is 2.87. The summed E-state index contributed by atoms with van der Waals surface area (Å²) in [6.45, 7) is 0.781. The highest BCUT2D eigenvalue weighted by molar-refractivity contribution is 7.99. The fraction of sp³-hybridized carbons (Fsp3) is 0.455. The topological polar surface area (TPSA) is 35.2 Å².